The Morgan fingerprint density at radius 2 is 2.25 bits per heavy atom. The number of thiazole rings is 1. The molecule has 0 saturated carbocycles. The Balaban J connectivity index is 2.19. The van der Waals surface area contributed by atoms with Crippen LogP contribution in [-0.2, 0) is 0 Å². The first-order chi connectivity index (χ1) is 9.61. The third kappa shape index (κ3) is 3.33. The minimum absolute atomic E-state index is 0.135. The number of hydrogen-bond acceptors (Lipinski definition) is 5. The van der Waals surface area contributed by atoms with E-state index in [1.54, 1.807) is 19.1 Å². The molecule has 0 fully saturated rings. The van der Waals surface area contributed by atoms with Crippen molar-refractivity contribution in [2.45, 2.75) is 26.7 Å². The highest BCUT2D eigenvalue weighted by atomic mass is 32.1. The molecule has 0 bridgehead atoms. The molecule has 0 amide bonds. The summed E-state index contributed by atoms with van der Waals surface area (Å²) in [6, 6.07) is 5.21. The van der Waals surface area contributed by atoms with Crippen molar-refractivity contribution in [1.29, 1.82) is 0 Å². The molecule has 106 valence electrons. The van der Waals surface area contributed by atoms with Crippen molar-refractivity contribution < 1.29 is 4.92 Å². The van der Waals surface area contributed by atoms with Gasteiger partial charge in [-0.3, -0.25) is 10.1 Å². The molecule has 1 aromatic heterocycles. The zero-order chi connectivity index (χ0) is 14.5. The molecule has 0 aliphatic rings. The van der Waals surface area contributed by atoms with Gasteiger partial charge in [-0.25, -0.2) is 4.98 Å². The topological polar surface area (TPSA) is 68.1 Å². The summed E-state index contributed by atoms with van der Waals surface area (Å²) in [5, 5.41) is 17.0. The second-order valence-corrected chi connectivity index (χ2v) is 5.43. The van der Waals surface area contributed by atoms with Gasteiger partial charge in [0.15, 0.2) is 5.13 Å². The fourth-order valence-corrected chi connectivity index (χ4v) is 2.57. The van der Waals surface area contributed by atoms with Gasteiger partial charge < -0.3 is 5.32 Å². The number of aryl methyl sites for hydroxylation is 1. The summed E-state index contributed by atoms with van der Waals surface area (Å²) >= 11 is 1.52. The predicted molar refractivity (Wildman–Crippen MR) is 82.3 cm³/mol. The summed E-state index contributed by atoms with van der Waals surface area (Å²) in [7, 11) is 0. The average Bonchev–Trinajstić information content (AvgIpc) is 2.88. The highest BCUT2D eigenvalue weighted by Crippen LogP contribution is 2.29. The van der Waals surface area contributed by atoms with Gasteiger partial charge in [0.2, 0.25) is 0 Å². The highest BCUT2D eigenvalue weighted by molar-refractivity contribution is 7.14. The summed E-state index contributed by atoms with van der Waals surface area (Å²) in [5.74, 6) is 0. The fourth-order valence-electron chi connectivity index (χ4n) is 1.83. The van der Waals surface area contributed by atoms with Crippen LogP contribution >= 0.6 is 11.3 Å². The third-order valence-electron chi connectivity index (χ3n) is 3.01. The van der Waals surface area contributed by atoms with Crippen LogP contribution in [0.15, 0.2) is 23.6 Å². The Morgan fingerprint density at radius 3 is 2.95 bits per heavy atom. The number of anilines is 1. The molecule has 0 atom stereocenters. The van der Waals surface area contributed by atoms with E-state index in [1.807, 2.05) is 11.4 Å². The number of benzene rings is 1. The van der Waals surface area contributed by atoms with E-state index in [1.165, 1.54) is 11.3 Å². The van der Waals surface area contributed by atoms with Gasteiger partial charge in [0.25, 0.3) is 5.69 Å². The number of hydrogen-bond donors (Lipinski definition) is 1. The number of unbranched alkanes of at least 4 members (excludes halogenated alkanes) is 1. The number of nitro groups is 1. The molecule has 0 spiro atoms. The normalized spacial score (nSPS) is 10.5. The second-order valence-electron chi connectivity index (χ2n) is 4.58. The van der Waals surface area contributed by atoms with Crippen LogP contribution < -0.4 is 5.32 Å². The van der Waals surface area contributed by atoms with E-state index in [4.69, 9.17) is 0 Å². The van der Waals surface area contributed by atoms with E-state index in [9.17, 15) is 10.1 Å². The smallest absolute Gasteiger partial charge is 0.272 e. The van der Waals surface area contributed by atoms with Gasteiger partial charge in [-0.1, -0.05) is 25.5 Å². The Labute approximate surface area is 121 Å². The minimum Gasteiger partial charge on any atom is -0.362 e. The maximum absolute atomic E-state index is 11.0. The molecule has 1 heterocycles. The number of rotatable bonds is 6. The molecule has 1 N–H and O–H groups in total. The van der Waals surface area contributed by atoms with Crippen LogP contribution in [0.5, 0.6) is 0 Å². The SMILES string of the molecule is CCCCNc1nc(-c2ccc(C)c([N+](=O)[O-])c2)cs1. The molecular weight excluding hydrogens is 274 g/mol. The molecule has 20 heavy (non-hydrogen) atoms. The van der Waals surface area contributed by atoms with E-state index in [-0.39, 0.29) is 10.6 Å². The molecule has 6 heteroatoms. The van der Waals surface area contributed by atoms with Crippen LogP contribution in [0, 0.1) is 17.0 Å². The standard InChI is InChI=1S/C14H17N3O2S/c1-3-4-7-15-14-16-12(9-20-14)11-6-5-10(2)13(8-11)17(18)19/h5-6,8-9H,3-4,7H2,1-2H3,(H,15,16). The lowest BCUT2D eigenvalue weighted by Gasteiger charge is -2.01. The number of aromatic nitrogens is 1. The summed E-state index contributed by atoms with van der Waals surface area (Å²) in [4.78, 5) is 15.1. The monoisotopic (exact) mass is 291 g/mol. The van der Waals surface area contributed by atoms with Crippen molar-refractivity contribution in [2.75, 3.05) is 11.9 Å². The van der Waals surface area contributed by atoms with E-state index in [0.717, 1.165) is 35.8 Å². The maximum Gasteiger partial charge on any atom is 0.272 e. The zero-order valence-electron chi connectivity index (χ0n) is 11.5. The van der Waals surface area contributed by atoms with Gasteiger partial charge in [-0.15, -0.1) is 11.3 Å². The van der Waals surface area contributed by atoms with Crippen molar-refractivity contribution in [1.82, 2.24) is 4.98 Å². The largest absolute Gasteiger partial charge is 0.362 e. The molecule has 0 saturated heterocycles. The molecule has 2 rings (SSSR count). The van der Waals surface area contributed by atoms with Gasteiger partial charge in [0.05, 0.1) is 10.6 Å². The molecule has 0 aliphatic carbocycles. The summed E-state index contributed by atoms with van der Waals surface area (Å²) < 4.78 is 0. The van der Waals surface area contributed by atoms with Crippen LogP contribution in [0.2, 0.25) is 0 Å². The van der Waals surface area contributed by atoms with Crippen molar-refractivity contribution >= 4 is 22.2 Å². The lowest BCUT2D eigenvalue weighted by Crippen LogP contribution is -2.00. The molecule has 2 aromatic rings. The first-order valence-electron chi connectivity index (χ1n) is 6.56. The van der Waals surface area contributed by atoms with Crippen molar-refractivity contribution in [3.8, 4) is 11.3 Å². The molecule has 0 unspecified atom stereocenters. The van der Waals surface area contributed by atoms with Crippen LogP contribution in [0.1, 0.15) is 25.3 Å². The molecular formula is C14H17N3O2S. The Morgan fingerprint density at radius 1 is 1.45 bits per heavy atom. The van der Waals surface area contributed by atoms with Crippen molar-refractivity contribution in [3.63, 3.8) is 0 Å². The Bertz CT molecular complexity index is 610. The first-order valence-corrected chi connectivity index (χ1v) is 7.44. The zero-order valence-corrected chi connectivity index (χ0v) is 12.4. The molecule has 0 aliphatic heterocycles. The molecule has 1 aromatic carbocycles. The molecule has 0 radical (unpaired) electrons. The summed E-state index contributed by atoms with van der Waals surface area (Å²) in [6.07, 6.45) is 2.24. The second kappa shape index (κ2) is 6.47. The third-order valence-corrected chi connectivity index (χ3v) is 3.81. The number of nitro benzene ring substituents is 1. The molecule has 5 nitrogen and oxygen atoms in total. The van der Waals surface area contributed by atoms with Gasteiger partial charge in [-0.2, -0.15) is 0 Å². The summed E-state index contributed by atoms with van der Waals surface area (Å²) in [5.41, 5.74) is 2.35. The van der Waals surface area contributed by atoms with Gasteiger partial charge in [-0.05, 0) is 13.3 Å². The summed E-state index contributed by atoms with van der Waals surface area (Å²) in [6.45, 7) is 4.78. The van der Waals surface area contributed by atoms with Gasteiger partial charge in [0.1, 0.15) is 0 Å². The van der Waals surface area contributed by atoms with E-state index < -0.39 is 0 Å². The van der Waals surface area contributed by atoms with Crippen molar-refractivity contribution in [3.05, 3.63) is 39.3 Å². The number of nitrogens with zero attached hydrogens (tertiary/aromatic N) is 2. The van der Waals surface area contributed by atoms with E-state index in [0.29, 0.717) is 5.56 Å². The first kappa shape index (κ1) is 14.5. The van der Waals surface area contributed by atoms with Crippen LogP contribution in [0.3, 0.4) is 0 Å². The average molecular weight is 291 g/mol. The lowest BCUT2D eigenvalue weighted by molar-refractivity contribution is -0.385. The predicted octanol–water partition coefficient (Wildman–Crippen LogP) is 4.24. The van der Waals surface area contributed by atoms with Gasteiger partial charge >= 0.3 is 0 Å². The quantitative estimate of drug-likeness (QED) is 0.491. The minimum atomic E-state index is -0.356. The highest BCUT2D eigenvalue weighted by Gasteiger charge is 2.13. The van der Waals surface area contributed by atoms with Crippen molar-refractivity contribution in [2.24, 2.45) is 0 Å². The van der Waals surface area contributed by atoms with E-state index in [2.05, 4.69) is 17.2 Å². The van der Waals surface area contributed by atoms with E-state index >= 15 is 0 Å². The van der Waals surface area contributed by atoms with Crippen LogP contribution in [0.25, 0.3) is 11.3 Å². The maximum atomic E-state index is 11.0. The van der Waals surface area contributed by atoms with Crippen LogP contribution in [-0.4, -0.2) is 16.5 Å². The van der Waals surface area contributed by atoms with Crippen LogP contribution in [0.4, 0.5) is 10.8 Å². The Kier molecular flexibility index (Phi) is 4.68. The Hall–Kier alpha value is -1.95. The lowest BCUT2D eigenvalue weighted by atomic mass is 10.1. The number of nitrogens with one attached hydrogen (secondary N) is 1. The fraction of sp³-hybridized carbons (Fsp3) is 0.357. The van der Waals surface area contributed by atoms with Gasteiger partial charge in [0, 0.05) is 29.1 Å².